The van der Waals surface area contributed by atoms with Gasteiger partial charge in [-0.1, -0.05) is 0 Å². The summed E-state index contributed by atoms with van der Waals surface area (Å²) >= 11 is 5.61. The molecule has 2 amide bonds. The third-order valence-corrected chi connectivity index (χ3v) is 5.36. The quantitative estimate of drug-likeness (QED) is 0.261. The number of rotatable bonds is 3. The van der Waals surface area contributed by atoms with Crippen molar-refractivity contribution in [3.05, 3.63) is 16.3 Å². The fourth-order valence-corrected chi connectivity index (χ4v) is 5.56. The van der Waals surface area contributed by atoms with E-state index >= 15 is 0 Å². The Morgan fingerprint density at radius 3 is 1.35 bits per heavy atom. The summed E-state index contributed by atoms with van der Waals surface area (Å²) in [6, 6.07) is 0. The smallest absolute Gasteiger partial charge is 0.545 e. The number of amides is 2. The van der Waals surface area contributed by atoms with Crippen LogP contribution in [-0.4, -0.2) is 28.7 Å². The Labute approximate surface area is 195 Å². The van der Waals surface area contributed by atoms with Gasteiger partial charge >= 0.3 is 29.6 Å². The van der Waals surface area contributed by atoms with E-state index in [2.05, 4.69) is 10.6 Å². The Morgan fingerprint density at radius 2 is 1.13 bits per heavy atom. The maximum absolute atomic E-state index is 11.3. The molecule has 0 heterocycles. The number of aromatic carboxylic acids is 1. The van der Waals surface area contributed by atoms with Gasteiger partial charge in [0.15, 0.2) is 0 Å². The summed E-state index contributed by atoms with van der Waals surface area (Å²) in [5.74, 6) is -2.03. The van der Waals surface area contributed by atoms with Crippen LogP contribution in [0.15, 0.2) is 0 Å². The van der Waals surface area contributed by atoms with Gasteiger partial charge in [0.2, 0.25) is 11.8 Å². The normalized spacial score (nSPS) is 8.74. The predicted octanol–water partition coefficient (Wildman–Crippen LogP) is -2.86. The van der Waals surface area contributed by atoms with Crippen LogP contribution in [0.1, 0.15) is 24.2 Å². The third kappa shape index (κ3) is 7.25. The summed E-state index contributed by atoms with van der Waals surface area (Å²) in [6.45, 7) is 2.64. The average molecular weight is 672 g/mol. The zero-order valence-corrected chi connectivity index (χ0v) is 20.7. The number of carboxylic acid groups (broad SMARTS) is 1. The van der Waals surface area contributed by atoms with Gasteiger partial charge in [0.1, 0.15) is 0 Å². The van der Waals surface area contributed by atoms with Gasteiger partial charge < -0.3 is 31.5 Å². The fourth-order valence-electron chi connectivity index (χ4n) is 1.41. The molecule has 124 valence electrons. The second-order valence-electron chi connectivity index (χ2n) is 3.72. The summed E-state index contributed by atoms with van der Waals surface area (Å²) in [5, 5.41) is 16.4. The first kappa shape index (κ1) is 28.5. The minimum Gasteiger partial charge on any atom is -0.545 e. The van der Waals surface area contributed by atoms with Crippen molar-refractivity contribution in [2.75, 3.05) is 10.6 Å². The molecule has 8 nitrogen and oxygen atoms in total. The van der Waals surface area contributed by atoms with Crippen LogP contribution < -0.4 is 45.3 Å². The minimum absolute atomic E-state index is 0. The molecule has 1 aromatic rings. The predicted molar refractivity (Wildman–Crippen MR) is 105 cm³/mol. The van der Waals surface area contributed by atoms with Gasteiger partial charge in [0, 0.05) is 26.6 Å². The molecule has 0 aliphatic carbocycles. The molecule has 6 N–H and O–H groups in total. The van der Waals surface area contributed by atoms with Gasteiger partial charge in [0.25, 0.3) is 0 Å². The molecular formula is C11H12I3N2NaO6. The standard InChI is InChI=1S/C11H9I3N2O4.Na.2H2O/c1-3(17)15-9-6(12)5(11(19)20)7(13)10(8(9)14)16-4(2)18;;;/h1-2H3,(H,15,17)(H,16,18)(H,19,20);;2*1H2/q;+1;;/p-1. The maximum atomic E-state index is 11.3. The van der Waals surface area contributed by atoms with Crippen molar-refractivity contribution in [1.82, 2.24) is 0 Å². The van der Waals surface area contributed by atoms with Crippen LogP contribution in [0.25, 0.3) is 0 Å². The molecule has 0 fully saturated rings. The monoisotopic (exact) mass is 672 g/mol. The van der Waals surface area contributed by atoms with Gasteiger partial charge in [0.05, 0.1) is 20.9 Å². The largest absolute Gasteiger partial charge is 1.00 e. The van der Waals surface area contributed by atoms with Crippen LogP contribution in [0.2, 0.25) is 0 Å². The average Bonchev–Trinajstić information content (AvgIpc) is 2.29. The third-order valence-electron chi connectivity index (χ3n) is 2.12. The van der Waals surface area contributed by atoms with E-state index in [0.29, 0.717) is 22.1 Å². The molecule has 0 unspecified atom stereocenters. The van der Waals surface area contributed by atoms with Crippen LogP contribution >= 0.6 is 67.8 Å². The van der Waals surface area contributed by atoms with Crippen molar-refractivity contribution in [2.45, 2.75) is 13.8 Å². The van der Waals surface area contributed by atoms with Crippen LogP contribution in [0.4, 0.5) is 11.4 Å². The zero-order valence-electron chi connectivity index (χ0n) is 12.3. The number of anilines is 2. The Balaban J connectivity index is -0.00000133. The maximum Gasteiger partial charge on any atom is 1.00 e. The number of halogens is 3. The molecule has 12 heteroatoms. The van der Waals surface area contributed by atoms with Gasteiger partial charge in [-0.2, -0.15) is 0 Å². The van der Waals surface area contributed by atoms with E-state index < -0.39 is 5.97 Å². The van der Waals surface area contributed by atoms with Crippen LogP contribution in [0.5, 0.6) is 0 Å². The number of hydrogen-bond donors (Lipinski definition) is 2. The number of carboxylic acids is 1. The minimum atomic E-state index is -1.37. The second-order valence-corrected chi connectivity index (χ2v) is 6.95. The van der Waals surface area contributed by atoms with E-state index in [1.54, 1.807) is 0 Å². The van der Waals surface area contributed by atoms with E-state index in [9.17, 15) is 19.5 Å². The second kappa shape index (κ2) is 12.2. The van der Waals surface area contributed by atoms with E-state index in [1.165, 1.54) is 13.8 Å². The number of carbonyl (C=O) groups is 3. The van der Waals surface area contributed by atoms with E-state index in [4.69, 9.17) is 0 Å². The van der Waals surface area contributed by atoms with Crippen LogP contribution in [0, 0.1) is 10.7 Å². The Morgan fingerprint density at radius 1 is 0.826 bits per heavy atom. The molecule has 0 aromatic heterocycles. The molecule has 23 heavy (non-hydrogen) atoms. The van der Waals surface area contributed by atoms with Gasteiger partial charge in [-0.05, 0) is 67.8 Å². The van der Waals surface area contributed by atoms with Gasteiger partial charge in [-0.25, -0.2) is 0 Å². The van der Waals surface area contributed by atoms with E-state index in [-0.39, 0.29) is 57.9 Å². The van der Waals surface area contributed by atoms with Crippen molar-refractivity contribution >= 4 is 96.9 Å². The Hall–Kier alpha value is 0.740. The molecule has 0 saturated heterocycles. The Kier molecular flexibility index (Phi) is 15.1. The number of carbonyl (C=O) groups excluding carboxylic acids is 3. The van der Waals surface area contributed by atoms with E-state index in [0.717, 1.165) is 0 Å². The summed E-state index contributed by atoms with van der Waals surface area (Å²) in [5.41, 5.74) is 0.642. The zero-order chi connectivity index (χ0) is 15.6. The molecule has 1 rings (SSSR count). The Bertz CT molecular complexity index is 583. The van der Waals surface area contributed by atoms with Crippen molar-refractivity contribution < 1.29 is 60.0 Å². The molecule has 0 bridgehead atoms. The van der Waals surface area contributed by atoms with Crippen LogP contribution in [0.3, 0.4) is 0 Å². The molecule has 0 aliphatic heterocycles. The van der Waals surface area contributed by atoms with Crippen LogP contribution in [-0.2, 0) is 9.59 Å². The number of nitrogens with one attached hydrogen (secondary N) is 2. The number of hydrogen-bond acceptors (Lipinski definition) is 4. The summed E-state index contributed by atoms with van der Waals surface area (Å²) in [4.78, 5) is 33.8. The summed E-state index contributed by atoms with van der Waals surface area (Å²) < 4.78 is 1.29. The fraction of sp³-hybridized carbons (Fsp3) is 0.182. The van der Waals surface area contributed by atoms with Crippen molar-refractivity contribution in [1.29, 1.82) is 0 Å². The first-order valence-corrected chi connectivity index (χ1v) is 8.37. The topological polar surface area (TPSA) is 161 Å². The summed E-state index contributed by atoms with van der Waals surface area (Å²) in [7, 11) is 0. The first-order chi connectivity index (χ1) is 9.16. The SMILES string of the molecule is CC(=O)Nc1c(I)c(NC(C)=O)c(I)c(C(=O)[O-])c1I.O.O.[Na+]. The molecule has 0 saturated carbocycles. The van der Waals surface area contributed by atoms with Crippen molar-refractivity contribution in [3.8, 4) is 0 Å². The number of benzene rings is 1. The molecule has 0 radical (unpaired) electrons. The molecular weight excluding hydrogens is 660 g/mol. The van der Waals surface area contributed by atoms with Crippen molar-refractivity contribution in [3.63, 3.8) is 0 Å². The first-order valence-electron chi connectivity index (χ1n) is 5.13. The van der Waals surface area contributed by atoms with Gasteiger partial charge in [-0.15, -0.1) is 0 Å². The molecule has 0 aliphatic rings. The molecule has 1 aromatic carbocycles. The van der Waals surface area contributed by atoms with E-state index in [1.807, 2.05) is 67.8 Å². The van der Waals surface area contributed by atoms with Gasteiger partial charge in [-0.3, -0.25) is 9.59 Å². The molecule has 0 spiro atoms. The molecule has 0 atom stereocenters. The van der Waals surface area contributed by atoms with Crippen molar-refractivity contribution in [2.24, 2.45) is 0 Å². The summed E-state index contributed by atoms with van der Waals surface area (Å²) in [6.07, 6.45) is 0.